The molecule has 0 spiro atoms. The van der Waals surface area contributed by atoms with Gasteiger partial charge in [-0.1, -0.05) is 0 Å². The van der Waals surface area contributed by atoms with E-state index in [1.165, 1.54) is 0 Å². The van der Waals surface area contributed by atoms with E-state index in [1.54, 1.807) is 25.7 Å². The maximum atomic E-state index is 13.5. The molecular formula is C17H22F4N4O2. The summed E-state index contributed by atoms with van der Waals surface area (Å²) in [6, 6.07) is 1.88. The lowest BCUT2D eigenvalue weighted by Crippen LogP contribution is -2.39. The lowest BCUT2D eigenvalue weighted by atomic mass is 10.1. The second-order valence-electron chi connectivity index (χ2n) is 7.22. The van der Waals surface area contributed by atoms with Crippen LogP contribution in [0.2, 0.25) is 0 Å². The molecule has 0 saturated carbocycles. The minimum atomic E-state index is -2.65. The minimum Gasteiger partial charge on any atom is -0.444 e. The second kappa shape index (κ2) is 7.61. The van der Waals surface area contributed by atoms with Crippen molar-refractivity contribution in [3.63, 3.8) is 0 Å². The number of alkyl halides is 2. The lowest BCUT2D eigenvalue weighted by Gasteiger charge is -2.31. The number of hydrogen-bond acceptors (Lipinski definition) is 4. The maximum Gasteiger partial charge on any atom is 0.405 e. The Hall–Kier alpha value is -2.52. The number of nitrogens with zero attached hydrogens (tertiary/aromatic N) is 2. The summed E-state index contributed by atoms with van der Waals surface area (Å²) in [4.78, 5) is 18.4. The third-order valence-electron chi connectivity index (χ3n) is 3.69. The van der Waals surface area contributed by atoms with Crippen LogP contribution in [0.15, 0.2) is 12.1 Å². The number of piperidine rings is 1. The van der Waals surface area contributed by atoms with Gasteiger partial charge in [0.25, 0.3) is 5.92 Å². The average Bonchev–Trinajstić information content (AvgIpc) is 2.89. The number of nitrogens with two attached hydrogens (primary N) is 1. The lowest BCUT2D eigenvalue weighted by molar-refractivity contribution is -0.0222. The van der Waals surface area contributed by atoms with Gasteiger partial charge in [0, 0.05) is 32.0 Å². The Morgan fingerprint density at radius 3 is 2.33 bits per heavy atom. The van der Waals surface area contributed by atoms with Crippen molar-refractivity contribution in [3.8, 4) is 0 Å². The number of nitrogens with one attached hydrogen (secondary N) is 1. The summed E-state index contributed by atoms with van der Waals surface area (Å²) in [6.07, 6.45) is -1.25. The third kappa shape index (κ3) is 6.00. The van der Waals surface area contributed by atoms with E-state index < -0.39 is 29.3 Å². The Kier molecular flexibility index (Phi) is 5.86. The second-order valence-corrected chi connectivity index (χ2v) is 7.22. The molecule has 2 heterocycles. The van der Waals surface area contributed by atoms with Gasteiger partial charge in [0.05, 0.1) is 5.52 Å². The van der Waals surface area contributed by atoms with Gasteiger partial charge in [-0.05, 0) is 26.8 Å². The van der Waals surface area contributed by atoms with Crippen molar-refractivity contribution in [2.45, 2.75) is 45.1 Å². The number of fused-ring (bicyclic) bond motifs is 1. The smallest absolute Gasteiger partial charge is 0.405 e. The molecule has 0 aliphatic carbocycles. The van der Waals surface area contributed by atoms with Crippen molar-refractivity contribution in [1.29, 1.82) is 0 Å². The standard InChI is InChI=1S/C12H11F4N3.C5H11NO2/c13-7-5-8(14)10-9(6-7)17-11(18-10)19-3-1-12(15,16)2-4-19;1-5(2,3)8-4(6)7/h5-6H,1-4H2,(H,17,18);1-3H3,(H2,6,7). The molecule has 27 heavy (non-hydrogen) atoms. The predicted molar refractivity (Wildman–Crippen MR) is 92.8 cm³/mol. The summed E-state index contributed by atoms with van der Waals surface area (Å²) in [5, 5.41) is 0. The van der Waals surface area contributed by atoms with Gasteiger partial charge < -0.3 is 20.4 Å². The van der Waals surface area contributed by atoms with Crippen LogP contribution >= 0.6 is 0 Å². The number of benzene rings is 1. The van der Waals surface area contributed by atoms with Crippen LogP contribution in [0.25, 0.3) is 11.0 Å². The van der Waals surface area contributed by atoms with Gasteiger partial charge in [-0.25, -0.2) is 27.3 Å². The molecule has 0 radical (unpaired) electrons. The largest absolute Gasteiger partial charge is 0.444 e. The van der Waals surface area contributed by atoms with Crippen LogP contribution in [-0.4, -0.2) is 40.7 Å². The first-order valence-electron chi connectivity index (χ1n) is 8.32. The van der Waals surface area contributed by atoms with Gasteiger partial charge in [-0.15, -0.1) is 0 Å². The zero-order valence-corrected chi connectivity index (χ0v) is 15.3. The molecule has 1 fully saturated rings. The molecule has 1 amide bonds. The molecule has 1 aliphatic rings. The monoisotopic (exact) mass is 390 g/mol. The molecule has 10 heteroatoms. The van der Waals surface area contributed by atoms with Crippen molar-refractivity contribution >= 4 is 23.1 Å². The zero-order chi connectivity index (χ0) is 20.4. The molecule has 2 aromatic rings. The predicted octanol–water partition coefficient (Wildman–Crippen LogP) is 3.96. The Labute approximate surface area is 153 Å². The van der Waals surface area contributed by atoms with Gasteiger partial charge >= 0.3 is 6.09 Å². The Balaban J connectivity index is 0.000000279. The van der Waals surface area contributed by atoms with Gasteiger partial charge in [-0.3, -0.25) is 0 Å². The molecule has 3 rings (SSSR count). The molecule has 0 bridgehead atoms. The number of rotatable bonds is 1. The number of carbonyl (C=O) groups excluding carboxylic acids is 1. The fourth-order valence-electron chi connectivity index (χ4n) is 2.53. The molecule has 3 N–H and O–H groups in total. The highest BCUT2D eigenvalue weighted by molar-refractivity contribution is 5.78. The molecule has 1 saturated heterocycles. The topological polar surface area (TPSA) is 84.2 Å². The summed E-state index contributed by atoms with van der Waals surface area (Å²) in [6.45, 7) is 5.56. The highest BCUT2D eigenvalue weighted by atomic mass is 19.3. The third-order valence-corrected chi connectivity index (χ3v) is 3.69. The van der Waals surface area contributed by atoms with Crippen LogP contribution in [0.4, 0.5) is 28.3 Å². The number of imidazole rings is 1. The molecular weight excluding hydrogens is 368 g/mol. The zero-order valence-electron chi connectivity index (χ0n) is 15.3. The van der Waals surface area contributed by atoms with Crippen LogP contribution in [-0.2, 0) is 4.74 Å². The number of carbonyl (C=O) groups is 1. The van der Waals surface area contributed by atoms with E-state index in [0.717, 1.165) is 12.1 Å². The number of H-pyrrole nitrogens is 1. The van der Waals surface area contributed by atoms with E-state index in [1.807, 2.05) is 0 Å². The summed E-state index contributed by atoms with van der Waals surface area (Å²) >= 11 is 0. The van der Waals surface area contributed by atoms with Gasteiger partial charge in [-0.2, -0.15) is 0 Å². The van der Waals surface area contributed by atoms with Crippen molar-refractivity contribution in [2.24, 2.45) is 5.73 Å². The molecule has 1 aromatic heterocycles. The fourth-order valence-corrected chi connectivity index (χ4v) is 2.53. The number of aromatic nitrogens is 2. The van der Waals surface area contributed by atoms with Gasteiger partial charge in [0.15, 0.2) is 5.82 Å². The van der Waals surface area contributed by atoms with Crippen molar-refractivity contribution in [2.75, 3.05) is 18.0 Å². The number of primary amides is 1. The van der Waals surface area contributed by atoms with Crippen LogP contribution in [0.3, 0.4) is 0 Å². The Bertz CT molecular complexity index is 807. The van der Waals surface area contributed by atoms with Crippen molar-refractivity contribution < 1.29 is 27.1 Å². The van der Waals surface area contributed by atoms with Crippen LogP contribution in [0.5, 0.6) is 0 Å². The van der Waals surface area contributed by atoms with Gasteiger partial charge in [0.1, 0.15) is 16.9 Å². The first kappa shape index (κ1) is 20.8. The molecule has 1 aromatic carbocycles. The Morgan fingerprint density at radius 1 is 1.26 bits per heavy atom. The normalized spacial score (nSPS) is 16.6. The van der Waals surface area contributed by atoms with Crippen LogP contribution in [0.1, 0.15) is 33.6 Å². The molecule has 0 atom stereocenters. The quantitative estimate of drug-likeness (QED) is 0.722. The minimum absolute atomic E-state index is 0.0220. The summed E-state index contributed by atoms with van der Waals surface area (Å²) in [5.41, 5.74) is 4.51. The van der Waals surface area contributed by atoms with E-state index in [4.69, 9.17) is 5.73 Å². The number of ether oxygens (including phenoxy) is 1. The SMILES string of the molecule is CC(C)(C)OC(N)=O.Fc1cc(F)c2nc(N3CCC(F)(F)CC3)[nH]c2c1. The van der Waals surface area contributed by atoms with E-state index in [9.17, 15) is 22.4 Å². The molecule has 150 valence electrons. The van der Waals surface area contributed by atoms with Gasteiger partial charge in [0.2, 0.25) is 5.95 Å². The van der Waals surface area contributed by atoms with E-state index in [0.29, 0.717) is 5.95 Å². The number of amides is 1. The first-order valence-corrected chi connectivity index (χ1v) is 8.32. The van der Waals surface area contributed by atoms with E-state index in [2.05, 4.69) is 14.7 Å². The summed E-state index contributed by atoms with van der Waals surface area (Å²) in [7, 11) is 0. The molecule has 6 nitrogen and oxygen atoms in total. The highest BCUT2D eigenvalue weighted by Gasteiger charge is 2.34. The van der Waals surface area contributed by atoms with Crippen molar-refractivity contribution in [3.05, 3.63) is 23.8 Å². The highest BCUT2D eigenvalue weighted by Crippen LogP contribution is 2.30. The summed E-state index contributed by atoms with van der Waals surface area (Å²) < 4.78 is 57.2. The first-order chi connectivity index (χ1) is 12.4. The molecule has 0 unspecified atom stereocenters. The molecule has 1 aliphatic heterocycles. The summed E-state index contributed by atoms with van der Waals surface area (Å²) in [5.74, 6) is -3.82. The van der Waals surface area contributed by atoms with Crippen LogP contribution in [0, 0.1) is 11.6 Å². The number of anilines is 1. The fraction of sp³-hybridized carbons (Fsp3) is 0.529. The average molecular weight is 390 g/mol. The number of hydrogen-bond donors (Lipinski definition) is 2. The maximum absolute atomic E-state index is 13.5. The number of aromatic amines is 1. The number of halogens is 4. The van der Waals surface area contributed by atoms with Crippen molar-refractivity contribution in [1.82, 2.24) is 9.97 Å². The van der Waals surface area contributed by atoms with E-state index in [-0.39, 0.29) is 37.0 Å². The van der Waals surface area contributed by atoms with Crippen LogP contribution < -0.4 is 10.6 Å². The van der Waals surface area contributed by atoms with E-state index >= 15 is 0 Å². The Morgan fingerprint density at radius 2 is 1.85 bits per heavy atom.